The van der Waals surface area contributed by atoms with Crippen molar-refractivity contribution in [1.29, 1.82) is 0 Å². The summed E-state index contributed by atoms with van der Waals surface area (Å²) in [5.74, 6) is -1.72. The number of carbonyl (C=O) groups excluding carboxylic acids is 4. The van der Waals surface area contributed by atoms with E-state index in [4.69, 9.17) is 4.74 Å². The molecule has 0 aliphatic rings. The summed E-state index contributed by atoms with van der Waals surface area (Å²) in [6.07, 6.45) is -0.748. The van der Waals surface area contributed by atoms with Crippen molar-refractivity contribution >= 4 is 23.9 Å². The third-order valence-corrected chi connectivity index (χ3v) is 3.01. The van der Waals surface area contributed by atoms with Gasteiger partial charge in [0.1, 0.15) is 25.7 Å². The third kappa shape index (κ3) is 8.35. The van der Waals surface area contributed by atoms with Gasteiger partial charge >= 0.3 is 12.1 Å². The van der Waals surface area contributed by atoms with Gasteiger partial charge in [0.05, 0.1) is 7.11 Å². The average molecular weight is 351 g/mol. The number of carbonyl (C=O) groups is 4. The van der Waals surface area contributed by atoms with Crippen LogP contribution in [0.2, 0.25) is 0 Å². The molecule has 0 aliphatic heterocycles. The number of ether oxygens (including phenoxy) is 2. The van der Waals surface area contributed by atoms with E-state index in [1.54, 1.807) is 12.1 Å². The maximum atomic E-state index is 11.7. The Kier molecular flexibility index (Phi) is 8.48. The molecule has 3 amide bonds. The van der Waals surface area contributed by atoms with E-state index < -0.39 is 29.9 Å². The van der Waals surface area contributed by atoms with Crippen molar-refractivity contribution in [3.63, 3.8) is 0 Å². The lowest BCUT2D eigenvalue weighted by Crippen LogP contribution is -2.48. The zero-order valence-electron chi connectivity index (χ0n) is 14.0. The number of nitrogens with one attached hydrogen (secondary N) is 3. The molecular weight excluding hydrogens is 330 g/mol. The smallest absolute Gasteiger partial charge is 0.407 e. The van der Waals surface area contributed by atoms with Gasteiger partial charge in [-0.05, 0) is 12.5 Å². The average Bonchev–Trinajstić information content (AvgIpc) is 2.63. The van der Waals surface area contributed by atoms with Crippen LogP contribution in [0.1, 0.15) is 12.5 Å². The molecule has 0 saturated carbocycles. The second-order valence-corrected chi connectivity index (χ2v) is 5.00. The van der Waals surface area contributed by atoms with Crippen molar-refractivity contribution in [3.05, 3.63) is 35.9 Å². The lowest BCUT2D eigenvalue weighted by atomic mass is 10.2. The van der Waals surface area contributed by atoms with E-state index in [1.807, 2.05) is 18.2 Å². The predicted octanol–water partition coefficient (Wildman–Crippen LogP) is -0.293. The first kappa shape index (κ1) is 19.9. The summed E-state index contributed by atoms with van der Waals surface area (Å²) in [4.78, 5) is 45.8. The van der Waals surface area contributed by atoms with Gasteiger partial charge in [0.2, 0.25) is 11.8 Å². The molecule has 1 aromatic rings. The lowest BCUT2D eigenvalue weighted by Gasteiger charge is -2.14. The van der Waals surface area contributed by atoms with Crippen LogP contribution in [0.4, 0.5) is 4.79 Å². The maximum absolute atomic E-state index is 11.7. The SMILES string of the molecule is COC(=O)CNC(=O)[C@@H](C)NC(=O)CNC(=O)OCc1ccccc1. The molecule has 0 unspecified atom stereocenters. The summed E-state index contributed by atoms with van der Waals surface area (Å²) in [6, 6.07) is 8.20. The minimum absolute atomic E-state index is 0.0840. The van der Waals surface area contributed by atoms with Crippen molar-refractivity contribution in [1.82, 2.24) is 16.0 Å². The predicted molar refractivity (Wildman–Crippen MR) is 87.3 cm³/mol. The maximum Gasteiger partial charge on any atom is 0.407 e. The Bertz CT molecular complexity index is 605. The quantitative estimate of drug-likeness (QED) is 0.553. The van der Waals surface area contributed by atoms with Crippen LogP contribution in [0.25, 0.3) is 0 Å². The molecule has 0 aromatic heterocycles. The van der Waals surface area contributed by atoms with Gasteiger partial charge in [0.15, 0.2) is 0 Å². The number of benzene rings is 1. The highest BCUT2D eigenvalue weighted by Gasteiger charge is 2.16. The lowest BCUT2D eigenvalue weighted by molar-refractivity contribution is -0.141. The summed E-state index contributed by atoms with van der Waals surface area (Å²) in [5.41, 5.74) is 0.818. The van der Waals surface area contributed by atoms with Gasteiger partial charge in [-0.2, -0.15) is 0 Å². The Labute approximate surface area is 145 Å². The van der Waals surface area contributed by atoms with E-state index in [1.165, 1.54) is 14.0 Å². The fourth-order valence-corrected chi connectivity index (χ4v) is 1.67. The number of esters is 1. The molecule has 0 spiro atoms. The number of hydrogen-bond donors (Lipinski definition) is 3. The van der Waals surface area contributed by atoms with Crippen molar-refractivity contribution in [2.75, 3.05) is 20.2 Å². The molecule has 0 aliphatic carbocycles. The second kappa shape index (κ2) is 10.6. The van der Waals surface area contributed by atoms with Gasteiger partial charge in [-0.1, -0.05) is 30.3 Å². The number of rotatable bonds is 8. The molecule has 0 fully saturated rings. The first-order valence-electron chi connectivity index (χ1n) is 7.50. The Morgan fingerprint density at radius 2 is 1.72 bits per heavy atom. The van der Waals surface area contributed by atoms with Gasteiger partial charge in [-0.3, -0.25) is 14.4 Å². The summed E-state index contributed by atoms with van der Waals surface area (Å²) in [7, 11) is 1.20. The standard InChI is InChI=1S/C16H21N3O6/c1-11(15(22)17-9-14(21)24-2)19-13(20)8-18-16(23)25-10-12-6-4-3-5-7-12/h3-7,11H,8-10H2,1-2H3,(H,17,22)(H,18,23)(H,19,20)/t11-/m1/s1. The van der Waals surface area contributed by atoms with Crippen LogP contribution in [0.5, 0.6) is 0 Å². The van der Waals surface area contributed by atoms with Gasteiger partial charge in [0, 0.05) is 0 Å². The highest BCUT2D eigenvalue weighted by atomic mass is 16.5. The first-order chi connectivity index (χ1) is 11.9. The zero-order chi connectivity index (χ0) is 18.7. The van der Waals surface area contributed by atoms with Gasteiger partial charge in [0.25, 0.3) is 0 Å². The van der Waals surface area contributed by atoms with Crippen LogP contribution < -0.4 is 16.0 Å². The van der Waals surface area contributed by atoms with E-state index >= 15 is 0 Å². The zero-order valence-corrected chi connectivity index (χ0v) is 14.0. The molecule has 3 N–H and O–H groups in total. The summed E-state index contributed by atoms with van der Waals surface area (Å²) in [6.45, 7) is 0.890. The summed E-state index contributed by atoms with van der Waals surface area (Å²) >= 11 is 0. The monoisotopic (exact) mass is 351 g/mol. The number of methoxy groups -OCH3 is 1. The summed E-state index contributed by atoms with van der Waals surface area (Å²) in [5, 5.41) is 6.96. The Hall–Kier alpha value is -3.10. The van der Waals surface area contributed by atoms with Crippen molar-refractivity contribution in [2.24, 2.45) is 0 Å². The number of alkyl carbamates (subject to hydrolysis) is 1. The van der Waals surface area contributed by atoms with Crippen LogP contribution in [-0.2, 0) is 30.5 Å². The molecule has 9 heteroatoms. The third-order valence-electron chi connectivity index (χ3n) is 3.01. The van der Waals surface area contributed by atoms with Gasteiger partial charge in [-0.25, -0.2) is 4.79 Å². The van der Waals surface area contributed by atoms with Gasteiger partial charge in [-0.15, -0.1) is 0 Å². The molecule has 0 heterocycles. The molecule has 1 aromatic carbocycles. The van der Waals surface area contributed by atoms with Crippen LogP contribution in [0.3, 0.4) is 0 Å². The van der Waals surface area contributed by atoms with E-state index in [0.717, 1.165) is 5.56 Å². The molecule has 0 saturated heterocycles. The molecular formula is C16H21N3O6. The second-order valence-electron chi connectivity index (χ2n) is 5.00. The van der Waals surface area contributed by atoms with E-state index in [9.17, 15) is 19.2 Å². The van der Waals surface area contributed by atoms with Crippen molar-refractivity contribution in [3.8, 4) is 0 Å². The van der Waals surface area contributed by atoms with E-state index in [2.05, 4.69) is 20.7 Å². The number of amides is 3. The van der Waals surface area contributed by atoms with Crippen LogP contribution in [0.15, 0.2) is 30.3 Å². The Morgan fingerprint density at radius 1 is 1.04 bits per heavy atom. The highest BCUT2D eigenvalue weighted by Crippen LogP contribution is 2.00. The van der Waals surface area contributed by atoms with Crippen molar-refractivity contribution < 1.29 is 28.7 Å². The molecule has 9 nitrogen and oxygen atoms in total. The first-order valence-corrected chi connectivity index (χ1v) is 7.50. The normalized spacial score (nSPS) is 11.0. The largest absolute Gasteiger partial charge is 0.468 e. The van der Waals surface area contributed by atoms with E-state index in [-0.39, 0.29) is 19.7 Å². The van der Waals surface area contributed by atoms with Crippen LogP contribution >= 0.6 is 0 Å². The fraction of sp³-hybridized carbons (Fsp3) is 0.375. The minimum atomic E-state index is -0.876. The van der Waals surface area contributed by atoms with Crippen LogP contribution in [0, 0.1) is 0 Å². The number of hydrogen-bond acceptors (Lipinski definition) is 6. The summed E-state index contributed by atoms with van der Waals surface area (Å²) < 4.78 is 9.33. The minimum Gasteiger partial charge on any atom is -0.468 e. The molecule has 0 radical (unpaired) electrons. The van der Waals surface area contributed by atoms with E-state index in [0.29, 0.717) is 0 Å². The highest BCUT2D eigenvalue weighted by molar-refractivity contribution is 5.90. The topological polar surface area (TPSA) is 123 Å². The fourth-order valence-electron chi connectivity index (χ4n) is 1.67. The molecule has 25 heavy (non-hydrogen) atoms. The Morgan fingerprint density at radius 3 is 2.36 bits per heavy atom. The van der Waals surface area contributed by atoms with Crippen LogP contribution in [-0.4, -0.2) is 50.1 Å². The Balaban J connectivity index is 2.23. The molecule has 136 valence electrons. The van der Waals surface area contributed by atoms with Crippen molar-refractivity contribution in [2.45, 2.75) is 19.6 Å². The molecule has 1 rings (SSSR count). The van der Waals surface area contributed by atoms with Gasteiger partial charge < -0.3 is 25.4 Å². The molecule has 1 atom stereocenters. The molecule has 0 bridgehead atoms.